The Balaban J connectivity index is 1.19. The van der Waals surface area contributed by atoms with Crippen LogP contribution in [0.3, 0.4) is 0 Å². The van der Waals surface area contributed by atoms with Gasteiger partial charge in [0.05, 0.1) is 17.1 Å². The lowest BCUT2D eigenvalue weighted by molar-refractivity contribution is 0.102. The Kier molecular flexibility index (Phi) is 4.61. The van der Waals surface area contributed by atoms with E-state index in [1.165, 1.54) is 18.5 Å². The number of H-pyrrole nitrogens is 1. The topological polar surface area (TPSA) is 84.3 Å². The van der Waals surface area contributed by atoms with E-state index in [9.17, 15) is 4.79 Å². The molecule has 1 saturated carbocycles. The van der Waals surface area contributed by atoms with E-state index in [0.29, 0.717) is 18.2 Å². The van der Waals surface area contributed by atoms with E-state index in [-0.39, 0.29) is 5.91 Å². The second-order valence-electron chi connectivity index (χ2n) is 8.50. The predicted octanol–water partition coefficient (Wildman–Crippen LogP) is 5.23. The molecule has 1 aromatic carbocycles. The van der Waals surface area contributed by atoms with E-state index < -0.39 is 0 Å². The van der Waals surface area contributed by atoms with Crippen molar-refractivity contribution in [1.82, 2.24) is 19.4 Å². The van der Waals surface area contributed by atoms with Crippen molar-refractivity contribution >= 4 is 28.1 Å². The fraction of sp³-hybridized carbons (Fsp3) is 0.192. The summed E-state index contributed by atoms with van der Waals surface area (Å²) in [6, 6.07) is 17.1. The Hall–Kier alpha value is -4.13. The van der Waals surface area contributed by atoms with Gasteiger partial charge in [-0.15, -0.1) is 0 Å². The van der Waals surface area contributed by atoms with Crippen LogP contribution in [0.15, 0.2) is 67.0 Å². The molecule has 164 valence electrons. The molecule has 0 spiro atoms. The third-order valence-corrected chi connectivity index (χ3v) is 6.07. The van der Waals surface area contributed by atoms with Crippen molar-refractivity contribution in [3.8, 4) is 5.75 Å². The first-order valence-electron chi connectivity index (χ1n) is 11.1. The molecule has 1 amide bonds. The van der Waals surface area contributed by atoms with Gasteiger partial charge in [0.2, 0.25) is 0 Å². The molecule has 0 bridgehead atoms. The third kappa shape index (κ3) is 3.82. The number of anilines is 1. The Labute approximate surface area is 190 Å². The number of amides is 1. The number of hydrogen-bond donors (Lipinski definition) is 2. The zero-order valence-electron chi connectivity index (χ0n) is 18.2. The van der Waals surface area contributed by atoms with Gasteiger partial charge in [-0.2, -0.15) is 0 Å². The molecular formula is C26H23N5O2. The van der Waals surface area contributed by atoms with E-state index in [1.54, 1.807) is 6.20 Å². The Morgan fingerprint density at radius 1 is 1.18 bits per heavy atom. The third-order valence-electron chi connectivity index (χ3n) is 6.07. The molecule has 1 aliphatic rings. The van der Waals surface area contributed by atoms with Gasteiger partial charge in [0.1, 0.15) is 23.7 Å². The normalized spacial score (nSPS) is 13.5. The Bertz CT molecular complexity index is 1480. The monoisotopic (exact) mass is 437 g/mol. The predicted molar refractivity (Wildman–Crippen MR) is 127 cm³/mol. The number of aromatic amines is 1. The fourth-order valence-corrected chi connectivity index (χ4v) is 4.16. The summed E-state index contributed by atoms with van der Waals surface area (Å²) < 4.78 is 7.91. The quantitative estimate of drug-likeness (QED) is 0.381. The number of carbonyl (C=O) groups is 1. The molecule has 2 N–H and O–H groups in total. The van der Waals surface area contributed by atoms with E-state index in [4.69, 9.17) is 9.72 Å². The number of nitrogens with one attached hydrogen (secondary N) is 2. The van der Waals surface area contributed by atoms with Crippen LogP contribution in [0, 0.1) is 6.92 Å². The van der Waals surface area contributed by atoms with E-state index in [2.05, 4.69) is 26.6 Å². The van der Waals surface area contributed by atoms with Crippen LogP contribution in [0.2, 0.25) is 0 Å². The smallest absolute Gasteiger partial charge is 0.272 e. The highest BCUT2D eigenvalue weighted by Gasteiger charge is 2.28. The summed E-state index contributed by atoms with van der Waals surface area (Å²) in [5, 5.41) is 3.91. The summed E-state index contributed by atoms with van der Waals surface area (Å²) >= 11 is 0. The Morgan fingerprint density at radius 3 is 2.91 bits per heavy atom. The summed E-state index contributed by atoms with van der Waals surface area (Å²) in [7, 11) is 0. The zero-order chi connectivity index (χ0) is 22.4. The summed E-state index contributed by atoms with van der Waals surface area (Å²) in [4.78, 5) is 25.1. The maximum Gasteiger partial charge on any atom is 0.272 e. The van der Waals surface area contributed by atoms with Crippen LogP contribution in [0.4, 0.5) is 5.69 Å². The highest BCUT2D eigenvalue weighted by molar-refractivity contribution is 6.06. The fourth-order valence-electron chi connectivity index (χ4n) is 4.16. The van der Waals surface area contributed by atoms with Gasteiger partial charge >= 0.3 is 0 Å². The number of pyridine rings is 2. The molecule has 4 heterocycles. The van der Waals surface area contributed by atoms with Crippen molar-refractivity contribution in [3.63, 3.8) is 0 Å². The first-order valence-corrected chi connectivity index (χ1v) is 11.1. The second kappa shape index (κ2) is 7.78. The molecule has 4 aromatic heterocycles. The molecule has 1 fully saturated rings. The average molecular weight is 438 g/mol. The minimum atomic E-state index is -0.193. The standard InChI is InChI=1S/C26H23N5O2/c1-16-25(17-5-6-17)30-24-10-7-19(14-31(16)24)28-26(32)23-13-18-12-21(8-9-22(18)29-23)33-15-20-4-2-3-11-27-20/h2-4,7-14,17,29H,5-6,15H2,1H3,(H,28,32). The maximum atomic E-state index is 12.9. The van der Waals surface area contributed by atoms with Gasteiger partial charge in [-0.05, 0) is 68.3 Å². The number of nitrogens with zero attached hydrogens (tertiary/aromatic N) is 3. The van der Waals surface area contributed by atoms with Crippen LogP contribution in [0.1, 0.15) is 46.3 Å². The molecule has 0 aliphatic heterocycles. The molecule has 33 heavy (non-hydrogen) atoms. The molecule has 6 rings (SSSR count). The van der Waals surface area contributed by atoms with Crippen molar-refractivity contribution < 1.29 is 9.53 Å². The van der Waals surface area contributed by atoms with Gasteiger partial charge in [-0.3, -0.25) is 9.78 Å². The number of rotatable bonds is 6. The first kappa shape index (κ1) is 19.5. The minimum Gasteiger partial charge on any atom is -0.487 e. The molecule has 7 heteroatoms. The molecule has 0 saturated heterocycles. The van der Waals surface area contributed by atoms with Gasteiger partial charge in [0.25, 0.3) is 5.91 Å². The van der Waals surface area contributed by atoms with Gasteiger partial charge in [0.15, 0.2) is 0 Å². The molecule has 0 unspecified atom stereocenters. The lowest BCUT2D eigenvalue weighted by Crippen LogP contribution is -2.12. The second-order valence-corrected chi connectivity index (χ2v) is 8.50. The van der Waals surface area contributed by atoms with Gasteiger partial charge in [-0.25, -0.2) is 4.98 Å². The van der Waals surface area contributed by atoms with E-state index in [0.717, 1.165) is 39.4 Å². The van der Waals surface area contributed by atoms with Crippen LogP contribution < -0.4 is 10.1 Å². The molecule has 0 atom stereocenters. The zero-order valence-corrected chi connectivity index (χ0v) is 18.2. The number of benzene rings is 1. The Morgan fingerprint density at radius 2 is 2.09 bits per heavy atom. The van der Waals surface area contributed by atoms with Crippen LogP contribution in [0.5, 0.6) is 5.75 Å². The summed E-state index contributed by atoms with van der Waals surface area (Å²) in [6.07, 6.45) is 6.11. The first-order chi connectivity index (χ1) is 16.1. The van der Waals surface area contributed by atoms with Crippen LogP contribution >= 0.6 is 0 Å². The van der Waals surface area contributed by atoms with Gasteiger partial charge in [-0.1, -0.05) is 6.07 Å². The molecule has 1 aliphatic carbocycles. The number of carbonyl (C=O) groups excluding carboxylic acids is 1. The number of ether oxygens (including phenoxy) is 1. The molecule has 0 radical (unpaired) electrons. The number of aromatic nitrogens is 4. The molecular weight excluding hydrogens is 414 g/mol. The summed E-state index contributed by atoms with van der Waals surface area (Å²) in [5.74, 6) is 1.13. The highest BCUT2D eigenvalue weighted by atomic mass is 16.5. The van der Waals surface area contributed by atoms with Crippen LogP contribution in [-0.4, -0.2) is 25.3 Å². The molecule has 5 aromatic rings. The number of fused-ring (bicyclic) bond motifs is 2. The highest BCUT2D eigenvalue weighted by Crippen LogP contribution is 2.41. The van der Waals surface area contributed by atoms with Crippen molar-refractivity contribution in [3.05, 3.63) is 89.8 Å². The van der Waals surface area contributed by atoms with E-state index in [1.807, 2.05) is 60.8 Å². The minimum absolute atomic E-state index is 0.193. The van der Waals surface area contributed by atoms with Crippen molar-refractivity contribution in [2.45, 2.75) is 32.3 Å². The number of hydrogen-bond acceptors (Lipinski definition) is 4. The average Bonchev–Trinajstić information content (AvgIpc) is 3.51. The van der Waals surface area contributed by atoms with Crippen LogP contribution in [0.25, 0.3) is 16.6 Å². The van der Waals surface area contributed by atoms with Crippen molar-refractivity contribution in [2.24, 2.45) is 0 Å². The number of aryl methyl sites for hydroxylation is 1. The largest absolute Gasteiger partial charge is 0.487 e. The van der Waals surface area contributed by atoms with Gasteiger partial charge < -0.3 is 19.4 Å². The van der Waals surface area contributed by atoms with Gasteiger partial charge in [0, 0.05) is 34.9 Å². The lowest BCUT2D eigenvalue weighted by Gasteiger charge is -2.05. The van der Waals surface area contributed by atoms with E-state index >= 15 is 0 Å². The molecule has 7 nitrogen and oxygen atoms in total. The van der Waals surface area contributed by atoms with Crippen molar-refractivity contribution in [1.29, 1.82) is 0 Å². The van der Waals surface area contributed by atoms with Crippen LogP contribution in [-0.2, 0) is 6.61 Å². The lowest BCUT2D eigenvalue weighted by atomic mass is 10.2. The maximum absolute atomic E-state index is 12.9. The summed E-state index contributed by atoms with van der Waals surface area (Å²) in [5.41, 5.74) is 6.20. The SMILES string of the molecule is Cc1c(C2CC2)nc2ccc(NC(=O)c3cc4cc(OCc5ccccn5)ccc4[nH]3)cn12. The summed E-state index contributed by atoms with van der Waals surface area (Å²) in [6.45, 7) is 2.48. The number of imidazole rings is 1. The van der Waals surface area contributed by atoms with Crippen molar-refractivity contribution in [2.75, 3.05) is 5.32 Å².